The average Bonchev–Trinajstić information content (AvgIpc) is 2.47. The molecule has 0 atom stereocenters. The summed E-state index contributed by atoms with van der Waals surface area (Å²) in [5.74, 6) is -2.93. The van der Waals surface area contributed by atoms with Gasteiger partial charge in [-0.05, 0) is 31.2 Å². The van der Waals surface area contributed by atoms with Crippen molar-refractivity contribution in [1.82, 2.24) is 0 Å². The second kappa shape index (κ2) is 7.16. The van der Waals surface area contributed by atoms with Crippen LogP contribution >= 0.6 is 0 Å². The lowest BCUT2D eigenvalue weighted by molar-refractivity contribution is -0.0959. The molecule has 1 nitrogen and oxygen atoms in total. The number of alkyl halides is 2. The van der Waals surface area contributed by atoms with E-state index in [1.165, 1.54) is 0 Å². The molecule has 0 spiro atoms. The van der Waals surface area contributed by atoms with Crippen molar-refractivity contribution in [3.63, 3.8) is 0 Å². The Kier molecular flexibility index (Phi) is 5.53. The second-order valence-electron chi connectivity index (χ2n) is 5.78. The third-order valence-corrected chi connectivity index (χ3v) is 4.18. The van der Waals surface area contributed by atoms with Crippen LogP contribution in [0.25, 0.3) is 0 Å². The monoisotopic (exact) mass is 282 g/mol. The van der Waals surface area contributed by atoms with Gasteiger partial charge in [0.2, 0.25) is 0 Å². The van der Waals surface area contributed by atoms with Crippen LogP contribution < -0.4 is 0 Å². The fraction of sp³-hybridized carbons (Fsp3) is 0.647. The minimum absolute atomic E-state index is 0.0210. The van der Waals surface area contributed by atoms with Crippen LogP contribution in [0, 0.1) is 5.92 Å². The van der Waals surface area contributed by atoms with E-state index in [1.807, 2.05) is 37.3 Å². The van der Waals surface area contributed by atoms with E-state index in [1.54, 1.807) is 0 Å². The Labute approximate surface area is 120 Å². The van der Waals surface area contributed by atoms with E-state index >= 15 is 0 Å². The highest BCUT2D eigenvalue weighted by atomic mass is 19.3. The van der Waals surface area contributed by atoms with Crippen molar-refractivity contribution in [2.24, 2.45) is 5.92 Å². The molecule has 0 N–H and O–H groups in total. The first-order valence-corrected chi connectivity index (χ1v) is 7.65. The Morgan fingerprint density at radius 3 is 2.35 bits per heavy atom. The summed E-state index contributed by atoms with van der Waals surface area (Å²) >= 11 is 0. The molecule has 0 heterocycles. The highest BCUT2D eigenvalue weighted by molar-refractivity contribution is 5.13. The van der Waals surface area contributed by atoms with Gasteiger partial charge in [0, 0.05) is 12.3 Å². The summed E-state index contributed by atoms with van der Waals surface area (Å²) in [5.41, 5.74) is 1.14. The van der Waals surface area contributed by atoms with Crippen molar-refractivity contribution in [2.45, 2.75) is 64.1 Å². The Morgan fingerprint density at radius 1 is 1.10 bits per heavy atom. The van der Waals surface area contributed by atoms with Crippen molar-refractivity contribution in [1.29, 1.82) is 0 Å². The zero-order valence-electron chi connectivity index (χ0n) is 12.2. The lowest BCUT2D eigenvalue weighted by Crippen LogP contribution is -2.33. The molecule has 1 aliphatic carbocycles. The summed E-state index contributed by atoms with van der Waals surface area (Å²) in [6, 6.07) is 10.0. The highest BCUT2D eigenvalue weighted by Crippen LogP contribution is 2.40. The second-order valence-corrected chi connectivity index (χ2v) is 5.78. The van der Waals surface area contributed by atoms with E-state index in [-0.39, 0.29) is 12.5 Å². The van der Waals surface area contributed by atoms with E-state index in [4.69, 9.17) is 4.74 Å². The van der Waals surface area contributed by atoms with Crippen molar-refractivity contribution in [3.05, 3.63) is 35.9 Å². The summed E-state index contributed by atoms with van der Waals surface area (Å²) in [6.45, 7) is 2.41. The van der Waals surface area contributed by atoms with Crippen LogP contribution in [0.5, 0.6) is 0 Å². The van der Waals surface area contributed by atoms with Gasteiger partial charge in [0.25, 0.3) is 5.92 Å². The largest absolute Gasteiger partial charge is 0.374 e. The molecule has 0 amide bonds. The third-order valence-electron chi connectivity index (χ3n) is 4.18. The van der Waals surface area contributed by atoms with Gasteiger partial charge in [0.1, 0.15) is 0 Å². The zero-order chi connectivity index (χ0) is 14.4. The number of rotatable bonds is 6. The van der Waals surface area contributed by atoms with Crippen LogP contribution in [0.2, 0.25) is 0 Å². The smallest absolute Gasteiger partial charge is 0.250 e. The molecular formula is C17H24F2O. The standard InChI is InChI=1S/C17H24F2O/c1-2-12-17(18,19)15-8-10-16(11-9-15)20-13-14-6-4-3-5-7-14/h3-7,15-16H,2,8-13H2,1H3. The molecule has 1 aromatic carbocycles. The molecule has 20 heavy (non-hydrogen) atoms. The fourth-order valence-electron chi connectivity index (χ4n) is 2.98. The normalized spacial score (nSPS) is 23.8. The van der Waals surface area contributed by atoms with Gasteiger partial charge < -0.3 is 4.74 Å². The molecular weight excluding hydrogens is 258 g/mol. The predicted molar refractivity (Wildman–Crippen MR) is 76.8 cm³/mol. The van der Waals surface area contributed by atoms with E-state index in [0.717, 1.165) is 18.4 Å². The SMILES string of the molecule is CCCC(F)(F)C1CCC(OCc2ccccc2)CC1. The van der Waals surface area contributed by atoms with E-state index < -0.39 is 11.8 Å². The number of hydrogen-bond donors (Lipinski definition) is 0. The molecule has 1 aromatic rings. The minimum Gasteiger partial charge on any atom is -0.374 e. The maximum absolute atomic E-state index is 13.8. The molecule has 112 valence electrons. The summed E-state index contributed by atoms with van der Waals surface area (Å²) < 4.78 is 33.5. The quantitative estimate of drug-likeness (QED) is 0.697. The van der Waals surface area contributed by atoms with E-state index in [9.17, 15) is 8.78 Å². The topological polar surface area (TPSA) is 9.23 Å². The van der Waals surface area contributed by atoms with Crippen LogP contribution in [0.15, 0.2) is 30.3 Å². The van der Waals surface area contributed by atoms with E-state index in [2.05, 4.69) is 0 Å². The maximum Gasteiger partial charge on any atom is 0.250 e. The molecule has 1 saturated carbocycles. The maximum atomic E-state index is 13.8. The third kappa shape index (κ3) is 4.27. The van der Waals surface area contributed by atoms with Crippen LogP contribution in [0.1, 0.15) is 51.0 Å². The van der Waals surface area contributed by atoms with Gasteiger partial charge in [-0.25, -0.2) is 8.78 Å². The van der Waals surface area contributed by atoms with Gasteiger partial charge >= 0.3 is 0 Å². The zero-order valence-corrected chi connectivity index (χ0v) is 12.2. The molecule has 0 aromatic heterocycles. The number of halogens is 2. The molecule has 1 fully saturated rings. The predicted octanol–water partition coefficient (Wildman–Crippen LogP) is 5.20. The van der Waals surface area contributed by atoms with Gasteiger partial charge in [-0.15, -0.1) is 0 Å². The highest BCUT2D eigenvalue weighted by Gasteiger charge is 2.40. The van der Waals surface area contributed by atoms with Crippen molar-refractivity contribution < 1.29 is 13.5 Å². The van der Waals surface area contributed by atoms with Gasteiger partial charge in [-0.1, -0.05) is 43.7 Å². The number of hydrogen-bond acceptors (Lipinski definition) is 1. The van der Waals surface area contributed by atoms with E-state index in [0.29, 0.717) is 25.9 Å². The molecule has 0 unspecified atom stereocenters. The average molecular weight is 282 g/mol. The fourth-order valence-corrected chi connectivity index (χ4v) is 2.98. The lowest BCUT2D eigenvalue weighted by Gasteiger charge is -2.33. The first-order valence-electron chi connectivity index (χ1n) is 7.65. The summed E-state index contributed by atoms with van der Waals surface area (Å²) in [4.78, 5) is 0. The van der Waals surface area contributed by atoms with Crippen molar-refractivity contribution >= 4 is 0 Å². The molecule has 0 radical (unpaired) electrons. The molecule has 1 aliphatic rings. The van der Waals surface area contributed by atoms with Crippen LogP contribution in [-0.2, 0) is 11.3 Å². The van der Waals surface area contributed by atoms with Crippen molar-refractivity contribution in [2.75, 3.05) is 0 Å². The summed E-state index contributed by atoms with van der Waals surface area (Å²) in [6.07, 6.45) is 3.42. The van der Waals surface area contributed by atoms with Gasteiger partial charge in [0.05, 0.1) is 12.7 Å². The Balaban J connectivity index is 1.74. The van der Waals surface area contributed by atoms with Gasteiger partial charge in [-0.3, -0.25) is 0 Å². The first-order chi connectivity index (χ1) is 9.62. The lowest BCUT2D eigenvalue weighted by atomic mass is 9.82. The molecule has 0 aliphatic heterocycles. The number of benzene rings is 1. The van der Waals surface area contributed by atoms with Crippen LogP contribution in [0.4, 0.5) is 8.78 Å². The Morgan fingerprint density at radius 2 is 1.75 bits per heavy atom. The minimum atomic E-state index is -2.49. The van der Waals surface area contributed by atoms with Gasteiger partial charge in [-0.2, -0.15) is 0 Å². The summed E-state index contributed by atoms with van der Waals surface area (Å²) in [5, 5.41) is 0. The van der Waals surface area contributed by atoms with Crippen LogP contribution in [-0.4, -0.2) is 12.0 Å². The number of ether oxygens (including phenoxy) is 1. The first kappa shape index (κ1) is 15.4. The van der Waals surface area contributed by atoms with Gasteiger partial charge in [0.15, 0.2) is 0 Å². The Bertz CT molecular complexity index is 383. The van der Waals surface area contributed by atoms with Crippen LogP contribution in [0.3, 0.4) is 0 Å². The Hall–Kier alpha value is -0.960. The van der Waals surface area contributed by atoms with Crippen molar-refractivity contribution in [3.8, 4) is 0 Å². The molecule has 0 bridgehead atoms. The molecule has 0 saturated heterocycles. The molecule has 2 rings (SSSR count). The molecule has 3 heteroatoms. The summed E-state index contributed by atoms with van der Waals surface area (Å²) in [7, 11) is 0.